The molecule has 2 aromatic heterocycles. The van der Waals surface area contributed by atoms with Crippen molar-refractivity contribution in [3.05, 3.63) is 29.0 Å². The third-order valence-electron chi connectivity index (χ3n) is 4.39. The number of likely N-dealkylation sites (tertiary alicyclic amines) is 1. The molecule has 0 saturated carbocycles. The maximum absolute atomic E-state index is 12.6. The second-order valence-electron chi connectivity index (χ2n) is 6.99. The predicted molar refractivity (Wildman–Crippen MR) is 90.6 cm³/mol. The van der Waals surface area contributed by atoms with Crippen molar-refractivity contribution in [3.8, 4) is 0 Å². The maximum Gasteiger partial charge on any atom is 0.270 e. The van der Waals surface area contributed by atoms with Gasteiger partial charge in [0.25, 0.3) is 5.91 Å². The number of hydrogen-bond acceptors (Lipinski definition) is 3. The number of aromatic amines is 1. The largest absolute Gasteiger partial charge is 0.390 e. The van der Waals surface area contributed by atoms with Gasteiger partial charge in [-0.1, -0.05) is 11.6 Å². The monoisotopic (exact) mass is 335 g/mol. The van der Waals surface area contributed by atoms with Crippen LogP contribution in [0.25, 0.3) is 11.0 Å². The summed E-state index contributed by atoms with van der Waals surface area (Å²) in [6.07, 6.45) is 4.26. The molecule has 0 aromatic carbocycles. The van der Waals surface area contributed by atoms with Gasteiger partial charge in [-0.15, -0.1) is 0 Å². The molecule has 0 spiro atoms. The van der Waals surface area contributed by atoms with Crippen molar-refractivity contribution in [2.24, 2.45) is 5.92 Å². The number of fused-ring (bicyclic) bond motifs is 1. The number of aromatic nitrogens is 2. The molecule has 1 fully saturated rings. The van der Waals surface area contributed by atoms with Crippen LogP contribution in [0.1, 0.15) is 43.6 Å². The van der Waals surface area contributed by atoms with Crippen molar-refractivity contribution < 1.29 is 9.90 Å². The molecule has 1 saturated heterocycles. The molecule has 1 amide bonds. The Labute approximate surface area is 140 Å². The Bertz CT molecular complexity index is 712. The summed E-state index contributed by atoms with van der Waals surface area (Å²) < 4.78 is 0. The van der Waals surface area contributed by atoms with Gasteiger partial charge in [0.2, 0.25) is 0 Å². The molecule has 0 aliphatic carbocycles. The van der Waals surface area contributed by atoms with Gasteiger partial charge in [-0.05, 0) is 51.2 Å². The Hall–Kier alpha value is -1.59. The van der Waals surface area contributed by atoms with E-state index >= 15 is 0 Å². The Morgan fingerprint density at radius 1 is 1.48 bits per heavy atom. The Morgan fingerprint density at radius 3 is 2.78 bits per heavy atom. The highest BCUT2D eigenvalue weighted by Crippen LogP contribution is 2.27. The molecule has 23 heavy (non-hydrogen) atoms. The van der Waals surface area contributed by atoms with Crippen LogP contribution in [0.15, 0.2) is 18.3 Å². The first-order valence-electron chi connectivity index (χ1n) is 7.98. The number of aliphatic hydroxyl groups is 1. The first-order chi connectivity index (χ1) is 10.8. The SMILES string of the molecule is CC(C)(O)CC1CCN(C(=O)c2cc3nccc(Cl)c3[nH]2)CC1. The van der Waals surface area contributed by atoms with Crippen molar-refractivity contribution in [2.75, 3.05) is 13.1 Å². The predicted octanol–water partition coefficient (Wildman–Crippen LogP) is 3.23. The van der Waals surface area contributed by atoms with Gasteiger partial charge in [-0.25, -0.2) is 0 Å². The summed E-state index contributed by atoms with van der Waals surface area (Å²) in [7, 11) is 0. The molecule has 3 rings (SSSR count). The molecule has 1 aliphatic heterocycles. The van der Waals surface area contributed by atoms with E-state index < -0.39 is 5.60 Å². The fourth-order valence-electron chi connectivity index (χ4n) is 3.33. The lowest BCUT2D eigenvalue weighted by molar-refractivity contribution is 0.0357. The quantitative estimate of drug-likeness (QED) is 0.904. The number of rotatable bonds is 3. The summed E-state index contributed by atoms with van der Waals surface area (Å²) in [5, 5.41) is 10.5. The molecule has 1 aliphatic rings. The minimum Gasteiger partial charge on any atom is -0.390 e. The number of pyridine rings is 1. The molecule has 5 nitrogen and oxygen atoms in total. The van der Waals surface area contributed by atoms with Crippen LogP contribution in [-0.4, -0.2) is 44.6 Å². The van der Waals surface area contributed by atoms with E-state index in [1.54, 1.807) is 18.3 Å². The van der Waals surface area contributed by atoms with E-state index in [0.717, 1.165) is 32.4 Å². The smallest absolute Gasteiger partial charge is 0.270 e. The summed E-state index contributed by atoms with van der Waals surface area (Å²) in [4.78, 5) is 21.8. The maximum atomic E-state index is 12.6. The summed E-state index contributed by atoms with van der Waals surface area (Å²) in [6.45, 7) is 5.11. The molecule has 124 valence electrons. The van der Waals surface area contributed by atoms with Crippen LogP contribution >= 0.6 is 11.6 Å². The molecule has 2 N–H and O–H groups in total. The zero-order chi connectivity index (χ0) is 16.6. The van der Waals surface area contributed by atoms with E-state index in [0.29, 0.717) is 27.7 Å². The van der Waals surface area contributed by atoms with Crippen LogP contribution in [0.5, 0.6) is 0 Å². The van der Waals surface area contributed by atoms with Gasteiger partial charge in [0.1, 0.15) is 5.69 Å². The Balaban J connectivity index is 1.68. The first kappa shape index (κ1) is 16.3. The number of carbonyl (C=O) groups excluding carboxylic acids is 1. The summed E-state index contributed by atoms with van der Waals surface area (Å²) in [5.74, 6) is 0.457. The van der Waals surface area contributed by atoms with Gasteiger partial charge in [0, 0.05) is 19.3 Å². The molecule has 0 radical (unpaired) electrons. The van der Waals surface area contributed by atoms with Gasteiger partial charge >= 0.3 is 0 Å². The van der Waals surface area contributed by atoms with Crippen LogP contribution in [0.4, 0.5) is 0 Å². The third-order valence-corrected chi connectivity index (χ3v) is 4.71. The zero-order valence-corrected chi connectivity index (χ0v) is 14.2. The Kier molecular flexibility index (Phi) is 4.34. The minimum absolute atomic E-state index is 0.0132. The van der Waals surface area contributed by atoms with E-state index in [9.17, 15) is 9.90 Å². The second kappa shape index (κ2) is 6.13. The normalized spacial score (nSPS) is 17.0. The van der Waals surface area contributed by atoms with Crippen molar-refractivity contribution in [1.82, 2.24) is 14.9 Å². The number of hydrogen-bond donors (Lipinski definition) is 2. The molecule has 6 heteroatoms. The van der Waals surface area contributed by atoms with Gasteiger partial charge in [0.05, 0.1) is 21.7 Å². The van der Waals surface area contributed by atoms with Gasteiger partial charge in [-0.2, -0.15) is 0 Å². The lowest BCUT2D eigenvalue weighted by Crippen LogP contribution is -2.40. The molecule has 2 aromatic rings. The molecular weight excluding hydrogens is 314 g/mol. The number of nitrogens with zero attached hydrogens (tertiary/aromatic N) is 2. The number of halogens is 1. The number of H-pyrrole nitrogens is 1. The minimum atomic E-state index is -0.642. The number of nitrogens with one attached hydrogen (secondary N) is 1. The van der Waals surface area contributed by atoms with Crippen LogP contribution < -0.4 is 0 Å². The number of piperidine rings is 1. The van der Waals surface area contributed by atoms with Gasteiger partial charge < -0.3 is 15.0 Å². The number of carbonyl (C=O) groups is 1. The standard InChI is InChI=1S/C17H22ClN3O2/c1-17(2,23)10-11-4-7-21(8-5-11)16(22)14-9-13-15(20-14)12(18)3-6-19-13/h3,6,9,11,20,23H,4-5,7-8,10H2,1-2H3. The van der Waals surface area contributed by atoms with E-state index in [2.05, 4.69) is 9.97 Å². The average molecular weight is 336 g/mol. The van der Waals surface area contributed by atoms with Crippen molar-refractivity contribution in [2.45, 2.75) is 38.7 Å². The second-order valence-corrected chi connectivity index (χ2v) is 7.40. The van der Waals surface area contributed by atoms with Gasteiger partial charge in [-0.3, -0.25) is 9.78 Å². The van der Waals surface area contributed by atoms with Crippen LogP contribution in [0.3, 0.4) is 0 Å². The fourth-order valence-corrected chi connectivity index (χ4v) is 3.53. The molecule has 0 atom stereocenters. The molecule has 0 bridgehead atoms. The van der Waals surface area contributed by atoms with Crippen LogP contribution in [-0.2, 0) is 0 Å². The van der Waals surface area contributed by atoms with Crippen LogP contribution in [0, 0.1) is 5.92 Å². The number of amides is 1. The van der Waals surface area contributed by atoms with E-state index in [1.165, 1.54) is 0 Å². The molecule has 0 unspecified atom stereocenters. The summed E-state index contributed by atoms with van der Waals surface area (Å²) >= 11 is 6.12. The van der Waals surface area contributed by atoms with Crippen molar-refractivity contribution in [1.29, 1.82) is 0 Å². The summed E-state index contributed by atoms with van der Waals surface area (Å²) in [5.41, 5.74) is 1.30. The topological polar surface area (TPSA) is 69.2 Å². The molecule has 3 heterocycles. The lowest BCUT2D eigenvalue weighted by Gasteiger charge is -2.34. The Morgan fingerprint density at radius 2 is 2.17 bits per heavy atom. The zero-order valence-electron chi connectivity index (χ0n) is 13.5. The highest BCUT2D eigenvalue weighted by molar-refractivity contribution is 6.35. The van der Waals surface area contributed by atoms with E-state index in [-0.39, 0.29) is 5.91 Å². The van der Waals surface area contributed by atoms with Crippen molar-refractivity contribution in [3.63, 3.8) is 0 Å². The van der Waals surface area contributed by atoms with E-state index in [1.807, 2.05) is 18.7 Å². The average Bonchev–Trinajstić information content (AvgIpc) is 2.91. The molecular formula is C17H22ClN3O2. The summed E-state index contributed by atoms with van der Waals surface area (Å²) in [6, 6.07) is 3.46. The van der Waals surface area contributed by atoms with E-state index in [4.69, 9.17) is 11.6 Å². The lowest BCUT2D eigenvalue weighted by atomic mass is 9.86. The highest BCUT2D eigenvalue weighted by Gasteiger charge is 2.28. The van der Waals surface area contributed by atoms with Gasteiger partial charge in [0.15, 0.2) is 0 Å². The third kappa shape index (κ3) is 3.67. The first-order valence-corrected chi connectivity index (χ1v) is 8.36. The van der Waals surface area contributed by atoms with Crippen LogP contribution in [0.2, 0.25) is 5.02 Å². The highest BCUT2D eigenvalue weighted by atomic mass is 35.5. The fraction of sp³-hybridized carbons (Fsp3) is 0.529. The van der Waals surface area contributed by atoms with Crippen molar-refractivity contribution >= 4 is 28.5 Å².